The number of hydrogen-bond donors (Lipinski definition) is 2. The first-order chi connectivity index (χ1) is 13.0. The Labute approximate surface area is 160 Å². The summed E-state index contributed by atoms with van der Waals surface area (Å²) in [5.41, 5.74) is 4.84. The summed E-state index contributed by atoms with van der Waals surface area (Å²) < 4.78 is 1.53. The molecule has 3 aromatic heterocycles. The molecule has 1 aliphatic heterocycles. The molecule has 2 N–H and O–H groups in total. The van der Waals surface area contributed by atoms with E-state index in [9.17, 15) is 14.7 Å². The molecule has 4 heterocycles. The maximum atomic E-state index is 12.7. The molecule has 1 fully saturated rings. The third-order valence-corrected chi connectivity index (χ3v) is 6.94. The van der Waals surface area contributed by atoms with Gasteiger partial charge in [-0.05, 0) is 72.6 Å². The van der Waals surface area contributed by atoms with Gasteiger partial charge in [0, 0.05) is 29.0 Å². The Balaban J connectivity index is 1.77. The molecule has 0 aromatic carbocycles. The van der Waals surface area contributed by atoms with Crippen LogP contribution in [0, 0.1) is 6.92 Å². The van der Waals surface area contributed by atoms with Crippen molar-refractivity contribution in [2.75, 3.05) is 6.54 Å². The molecule has 0 amide bonds. The first kappa shape index (κ1) is 16.7. The van der Waals surface area contributed by atoms with Crippen molar-refractivity contribution < 1.29 is 9.90 Å². The smallest absolute Gasteiger partial charge is 0.341 e. The normalized spacial score (nSPS) is 16.5. The fourth-order valence-electron chi connectivity index (χ4n) is 4.11. The molecule has 1 saturated carbocycles. The molecule has 2 aliphatic rings. The molecule has 0 saturated heterocycles. The van der Waals surface area contributed by atoms with E-state index in [-0.39, 0.29) is 5.56 Å². The summed E-state index contributed by atoms with van der Waals surface area (Å²) in [5.74, 6) is -0.801. The van der Waals surface area contributed by atoms with Crippen LogP contribution in [0.15, 0.2) is 29.2 Å². The molecule has 27 heavy (non-hydrogen) atoms. The monoisotopic (exact) mass is 380 g/mol. The van der Waals surface area contributed by atoms with Gasteiger partial charge in [0.25, 0.3) is 5.56 Å². The standard InChI is InChI=1S/C21H20N2O3S/c1-11-14(18-8-13-10-22-6-4-17(13)27-18)5-7-23-19(11)15(12-2-3-12)9-16(20(23)24)21(25)26/h5,7-9,12,22H,2-4,6,10H2,1H3,(H,25,26). The molecule has 138 valence electrons. The summed E-state index contributed by atoms with van der Waals surface area (Å²) in [6.07, 6.45) is 4.90. The van der Waals surface area contributed by atoms with Crippen LogP contribution in [-0.2, 0) is 13.0 Å². The van der Waals surface area contributed by atoms with Gasteiger partial charge >= 0.3 is 5.97 Å². The second-order valence-electron chi connectivity index (χ2n) is 7.46. The van der Waals surface area contributed by atoms with Crippen LogP contribution in [0.1, 0.15) is 50.7 Å². The first-order valence-electron chi connectivity index (χ1n) is 9.29. The average molecular weight is 380 g/mol. The number of aromatic carboxylic acids is 1. The van der Waals surface area contributed by atoms with E-state index in [0.717, 1.165) is 54.6 Å². The van der Waals surface area contributed by atoms with E-state index in [0.29, 0.717) is 5.92 Å². The fourth-order valence-corrected chi connectivity index (χ4v) is 5.37. The summed E-state index contributed by atoms with van der Waals surface area (Å²) in [4.78, 5) is 26.9. The molecular formula is C21H20N2O3S. The van der Waals surface area contributed by atoms with Gasteiger partial charge in [-0.15, -0.1) is 11.3 Å². The molecule has 0 unspecified atom stereocenters. The maximum Gasteiger partial charge on any atom is 0.341 e. The maximum absolute atomic E-state index is 12.7. The average Bonchev–Trinajstić information content (AvgIpc) is 3.40. The number of rotatable bonds is 3. The van der Waals surface area contributed by atoms with E-state index in [2.05, 4.69) is 11.4 Å². The third-order valence-electron chi connectivity index (χ3n) is 5.67. The zero-order valence-electron chi connectivity index (χ0n) is 15.0. The van der Waals surface area contributed by atoms with Crippen LogP contribution in [0.3, 0.4) is 0 Å². The SMILES string of the molecule is Cc1c(-c2cc3c(s2)CCNC3)ccn2c(=O)c(C(=O)O)cc(C3CC3)c12. The summed E-state index contributed by atoms with van der Waals surface area (Å²) in [6.45, 7) is 3.98. The second kappa shape index (κ2) is 6.04. The minimum absolute atomic E-state index is 0.140. The summed E-state index contributed by atoms with van der Waals surface area (Å²) in [6, 6.07) is 5.82. The van der Waals surface area contributed by atoms with Crippen molar-refractivity contribution in [3.05, 3.63) is 61.9 Å². The van der Waals surface area contributed by atoms with Gasteiger partial charge in [-0.2, -0.15) is 0 Å². The lowest BCUT2D eigenvalue weighted by Gasteiger charge is -2.14. The molecule has 5 nitrogen and oxygen atoms in total. The van der Waals surface area contributed by atoms with E-state index in [4.69, 9.17) is 0 Å². The molecule has 5 rings (SSSR count). The molecule has 3 aromatic rings. The van der Waals surface area contributed by atoms with E-state index in [1.807, 2.05) is 24.3 Å². The van der Waals surface area contributed by atoms with Gasteiger partial charge in [0.05, 0.1) is 5.52 Å². The quantitative estimate of drug-likeness (QED) is 0.729. The number of nitrogens with zero attached hydrogens (tertiary/aromatic N) is 1. The second-order valence-corrected chi connectivity index (χ2v) is 8.59. The Morgan fingerprint density at radius 3 is 2.85 bits per heavy atom. The van der Waals surface area contributed by atoms with Gasteiger partial charge in [0.1, 0.15) is 5.56 Å². The molecule has 0 bridgehead atoms. The van der Waals surface area contributed by atoms with Crippen LogP contribution in [0.25, 0.3) is 16.0 Å². The number of carboxylic acid groups (broad SMARTS) is 1. The number of aryl methyl sites for hydroxylation is 1. The molecule has 1 aliphatic carbocycles. The molecular weight excluding hydrogens is 360 g/mol. The van der Waals surface area contributed by atoms with Crippen molar-refractivity contribution in [2.45, 2.75) is 38.6 Å². The van der Waals surface area contributed by atoms with Crippen molar-refractivity contribution >= 4 is 22.8 Å². The first-order valence-corrected chi connectivity index (χ1v) is 10.1. The van der Waals surface area contributed by atoms with Crippen LogP contribution in [0.5, 0.6) is 0 Å². The number of thiophene rings is 1. The minimum atomic E-state index is -1.16. The largest absolute Gasteiger partial charge is 0.477 e. The number of pyridine rings is 2. The number of aromatic nitrogens is 1. The Hall–Kier alpha value is -2.44. The van der Waals surface area contributed by atoms with Crippen molar-refractivity contribution in [2.24, 2.45) is 0 Å². The summed E-state index contributed by atoms with van der Waals surface area (Å²) >= 11 is 1.83. The van der Waals surface area contributed by atoms with Crippen LogP contribution in [0.2, 0.25) is 0 Å². The number of nitrogens with one attached hydrogen (secondary N) is 1. The van der Waals surface area contributed by atoms with Crippen molar-refractivity contribution in [1.29, 1.82) is 0 Å². The van der Waals surface area contributed by atoms with Crippen LogP contribution >= 0.6 is 11.3 Å². The number of carboxylic acids is 1. The lowest BCUT2D eigenvalue weighted by molar-refractivity contribution is 0.0694. The zero-order chi connectivity index (χ0) is 18.7. The Morgan fingerprint density at radius 1 is 1.33 bits per heavy atom. The van der Waals surface area contributed by atoms with Crippen LogP contribution in [-0.4, -0.2) is 22.0 Å². The Morgan fingerprint density at radius 2 is 2.15 bits per heavy atom. The van der Waals surface area contributed by atoms with E-state index < -0.39 is 11.5 Å². The van der Waals surface area contributed by atoms with Crippen molar-refractivity contribution in [3.63, 3.8) is 0 Å². The number of fused-ring (bicyclic) bond motifs is 2. The summed E-state index contributed by atoms with van der Waals surface area (Å²) in [5, 5.41) is 12.8. The highest BCUT2D eigenvalue weighted by atomic mass is 32.1. The van der Waals surface area contributed by atoms with Gasteiger partial charge in [-0.3, -0.25) is 9.20 Å². The summed E-state index contributed by atoms with van der Waals surface area (Å²) in [7, 11) is 0. The predicted octanol–water partition coefficient (Wildman–Crippen LogP) is 3.56. The molecule has 6 heteroatoms. The molecule has 0 atom stereocenters. The number of hydrogen-bond acceptors (Lipinski definition) is 4. The van der Waals surface area contributed by atoms with E-state index >= 15 is 0 Å². The van der Waals surface area contributed by atoms with Crippen molar-refractivity contribution in [3.8, 4) is 10.4 Å². The highest BCUT2D eigenvalue weighted by molar-refractivity contribution is 7.15. The van der Waals surface area contributed by atoms with Crippen molar-refractivity contribution in [1.82, 2.24) is 9.72 Å². The van der Waals surface area contributed by atoms with Gasteiger partial charge in [-0.1, -0.05) is 0 Å². The Kier molecular flexibility index (Phi) is 3.74. The van der Waals surface area contributed by atoms with Gasteiger partial charge in [-0.25, -0.2) is 4.79 Å². The third kappa shape index (κ3) is 2.63. The van der Waals surface area contributed by atoms with Gasteiger partial charge in [0.2, 0.25) is 0 Å². The predicted molar refractivity (Wildman–Crippen MR) is 106 cm³/mol. The topological polar surface area (TPSA) is 70.8 Å². The lowest BCUT2D eigenvalue weighted by atomic mass is 9.99. The zero-order valence-corrected chi connectivity index (χ0v) is 15.9. The van der Waals surface area contributed by atoms with Gasteiger partial charge in [0.15, 0.2) is 0 Å². The lowest BCUT2D eigenvalue weighted by Crippen LogP contribution is -2.23. The van der Waals surface area contributed by atoms with E-state index in [1.54, 1.807) is 12.3 Å². The van der Waals surface area contributed by atoms with Crippen LogP contribution < -0.4 is 10.9 Å². The van der Waals surface area contributed by atoms with Crippen LogP contribution in [0.4, 0.5) is 0 Å². The highest BCUT2D eigenvalue weighted by Gasteiger charge is 2.29. The Bertz CT molecular complexity index is 1130. The highest BCUT2D eigenvalue weighted by Crippen LogP contribution is 2.44. The molecule has 0 radical (unpaired) electrons. The minimum Gasteiger partial charge on any atom is -0.477 e. The molecule has 0 spiro atoms. The van der Waals surface area contributed by atoms with E-state index in [1.165, 1.54) is 19.7 Å². The van der Waals surface area contributed by atoms with Gasteiger partial charge < -0.3 is 10.4 Å². The number of carbonyl (C=O) groups is 1. The fraction of sp³-hybridized carbons (Fsp3) is 0.333.